The number of benzene rings is 2. The number of carbonyl (C=O) groups excluding carboxylic acids is 1. The summed E-state index contributed by atoms with van der Waals surface area (Å²) in [7, 11) is 0. The molecule has 3 aromatic rings. The second-order valence-electron chi connectivity index (χ2n) is 5.16. The molecule has 0 saturated carbocycles. The number of hydroxylamine groups is 1. The molecule has 1 unspecified atom stereocenters. The number of halogens is 1. The van der Waals surface area contributed by atoms with Crippen molar-refractivity contribution in [2.75, 3.05) is 0 Å². The van der Waals surface area contributed by atoms with Crippen LogP contribution in [0, 0.1) is 5.82 Å². The average molecular weight is 323 g/mol. The normalized spacial score (nSPS) is 11.8. The monoisotopic (exact) mass is 323 g/mol. The van der Waals surface area contributed by atoms with Gasteiger partial charge in [0.15, 0.2) is 0 Å². The standard InChI is InChI=1S/C18H14FN3O2/c19-15-5-2-1-4-14(15)17(18(23)22-24)13-9-7-12(8-10-13)16-6-3-11-20-21-16/h1-11,17,24H,(H,22,23). The first-order chi connectivity index (χ1) is 11.7. The van der Waals surface area contributed by atoms with Crippen molar-refractivity contribution in [3.05, 3.63) is 83.8 Å². The van der Waals surface area contributed by atoms with E-state index in [4.69, 9.17) is 5.21 Å². The number of hydrogen-bond donors (Lipinski definition) is 2. The van der Waals surface area contributed by atoms with Crippen LogP contribution in [-0.2, 0) is 4.79 Å². The van der Waals surface area contributed by atoms with Crippen molar-refractivity contribution >= 4 is 5.91 Å². The van der Waals surface area contributed by atoms with Crippen LogP contribution in [0.3, 0.4) is 0 Å². The lowest BCUT2D eigenvalue weighted by molar-refractivity contribution is -0.129. The molecule has 0 fully saturated rings. The second kappa shape index (κ2) is 6.97. The Balaban J connectivity index is 2.00. The molecule has 5 nitrogen and oxygen atoms in total. The predicted molar refractivity (Wildman–Crippen MR) is 85.6 cm³/mol. The summed E-state index contributed by atoms with van der Waals surface area (Å²) in [6, 6.07) is 16.5. The van der Waals surface area contributed by atoms with Crippen LogP contribution in [0.5, 0.6) is 0 Å². The van der Waals surface area contributed by atoms with Crippen molar-refractivity contribution in [1.29, 1.82) is 0 Å². The third kappa shape index (κ3) is 3.13. The first-order valence-electron chi connectivity index (χ1n) is 7.27. The van der Waals surface area contributed by atoms with Gasteiger partial charge in [-0.25, -0.2) is 9.87 Å². The van der Waals surface area contributed by atoms with Crippen molar-refractivity contribution in [3.8, 4) is 11.3 Å². The van der Waals surface area contributed by atoms with Gasteiger partial charge in [0.1, 0.15) is 5.82 Å². The van der Waals surface area contributed by atoms with Crippen LogP contribution < -0.4 is 5.48 Å². The summed E-state index contributed by atoms with van der Waals surface area (Å²) in [4.78, 5) is 12.1. The molecule has 3 rings (SSSR count). The minimum absolute atomic E-state index is 0.191. The molecule has 1 heterocycles. The van der Waals surface area contributed by atoms with E-state index < -0.39 is 17.6 Å². The lowest BCUT2D eigenvalue weighted by Crippen LogP contribution is -2.27. The highest BCUT2D eigenvalue weighted by Crippen LogP contribution is 2.28. The van der Waals surface area contributed by atoms with Gasteiger partial charge < -0.3 is 0 Å². The molecule has 6 heteroatoms. The molecular formula is C18H14FN3O2. The molecule has 0 radical (unpaired) electrons. The van der Waals surface area contributed by atoms with Crippen LogP contribution in [0.4, 0.5) is 4.39 Å². The minimum Gasteiger partial charge on any atom is -0.289 e. The maximum atomic E-state index is 14.1. The van der Waals surface area contributed by atoms with E-state index in [1.54, 1.807) is 54.1 Å². The van der Waals surface area contributed by atoms with E-state index in [1.807, 2.05) is 6.07 Å². The molecule has 1 atom stereocenters. The molecule has 2 N–H and O–H groups in total. The van der Waals surface area contributed by atoms with E-state index in [0.717, 1.165) is 5.56 Å². The van der Waals surface area contributed by atoms with Crippen LogP contribution in [-0.4, -0.2) is 21.3 Å². The summed E-state index contributed by atoms with van der Waals surface area (Å²) >= 11 is 0. The third-order valence-electron chi connectivity index (χ3n) is 3.70. The molecule has 0 aliphatic carbocycles. The summed E-state index contributed by atoms with van der Waals surface area (Å²) in [6.07, 6.45) is 1.58. The first-order valence-corrected chi connectivity index (χ1v) is 7.27. The fraction of sp³-hybridized carbons (Fsp3) is 0.0556. The van der Waals surface area contributed by atoms with Gasteiger partial charge >= 0.3 is 0 Å². The maximum Gasteiger partial charge on any atom is 0.255 e. The summed E-state index contributed by atoms with van der Waals surface area (Å²) in [5.74, 6) is -2.16. The quantitative estimate of drug-likeness (QED) is 0.572. The Morgan fingerprint density at radius 2 is 1.79 bits per heavy atom. The minimum atomic E-state index is -0.952. The van der Waals surface area contributed by atoms with Crippen LogP contribution in [0.25, 0.3) is 11.3 Å². The summed E-state index contributed by atoms with van der Waals surface area (Å²) in [5, 5.41) is 16.9. The molecule has 0 spiro atoms. The third-order valence-corrected chi connectivity index (χ3v) is 3.70. The highest BCUT2D eigenvalue weighted by molar-refractivity contribution is 5.86. The number of carbonyl (C=O) groups is 1. The topological polar surface area (TPSA) is 75.1 Å². The zero-order chi connectivity index (χ0) is 16.9. The van der Waals surface area contributed by atoms with E-state index in [1.165, 1.54) is 12.1 Å². The molecule has 24 heavy (non-hydrogen) atoms. The lowest BCUT2D eigenvalue weighted by atomic mass is 9.89. The Hall–Kier alpha value is -3.12. The number of rotatable bonds is 4. The summed E-state index contributed by atoms with van der Waals surface area (Å²) < 4.78 is 14.1. The van der Waals surface area contributed by atoms with Crippen molar-refractivity contribution in [1.82, 2.24) is 15.7 Å². The van der Waals surface area contributed by atoms with Crippen LogP contribution in [0.15, 0.2) is 66.9 Å². The number of amides is 1. The molecule has 0 saturated heterocycles. The van der Waals surface area contributed by atoms with Gasteiger partial charge in [-0.05, 0) is 23.8 Å². The molecule has 1 aromatic heterocycles. The average Bonchev–Trinajstić information content (AvgIpc) is 2.64. The van der Waals surface area contributed by atoms with Gasteiger partial charge in [0.05, 0.1) is 11.6 Å². The van der Waals surface area contributed by atoms with E-state index in [2.05, 4.69) is 10.2 Å². The second-order valence-corrected chi connectivity index (χ2v) is 5.16. The van der Waals surface area contributed by atoms with Gasteiger partial charge in [-0.15, -0.1) is 0 Å². The predicted octanol–water partition coefficient (Wildman–Crippen LogP) is 2.92. The van der Waals surface area contributed by atoms with Gasteiger partial charge in [-0.2, -0.15) is 10.2 Å². The highest BCUT2D eigenvalue weighted by Gasteiger charge is 2.25. The molecule has 1 amide bonds. The van der Waals surface area contributed by atoms with Crippen molar-refractivity contribution in [2.45, 2.75) is 5.92 Å². The first kappa shape index (κ1) is 15.8. The highest BCUT2D eigenvalue weighted by atomic mass is 19.1. The van der Waals surface area contributed by atoms with E-state index in [-0.39, 0.29) is 5.56 Å². The van der Waals surface area contributed by atoms with Gasteiger partial charge in [-0.1, -0.05) is 42.5 Å². The SMILES string of the molecule is O=C(NO)C(c1ccc(-c2cccnn2)cc1)c1ccccc1F. The van der Waals surface area contributed by atoms with Crippen LogP contribution >= 0.6 is 0 Å². The zero-order valence-electron chi connectivity index (χ0n) is 12.6. The summed E-state index contributed by atoms with van der Waals surface area (Å²) in [5.41, 5.74) is 3.87. The molecule has 0 aliphatic rings. The van der Waals surface area contributed by atoms with Gasteiger partial charge in [0.25, 0.3) is 5.91 Å². The Kier molecular flexibility index (Phi) is 4.58. The van der Waals surface area contributed by atoms with E-state index >= 15 is 0 Å². The fourth-order valence-corrected chi connectivity index (χ4v) is 2.55. The van der Waals surface area contributed by atoms with Crippen LogP contribution in [0.2, 0.25) is 0 Å². The van der Waals surface area contributed by atoms with Crippen molar-refractivity contribution < 1.29 is 14.4 Å². The molecule has 2 aromatic carbocycles. The van der Waals surface area contributed by atoms with E-state index in [9.17, 15) is 9.18 Å². The molecular weight excluding hydrogens is 309 g/mol. The zero-order valence-corrected chi connectivity index (χ0v) is 12.6. The number of hydrogen-bond acceptors (Lipinski definition) is 4. The van der Waals surface area contributed by atoms with Gasteiger partial charge in [0.2, 0.25) is 0 Å². The van der Waals surface area contributed by atoms with Gasteiger partial charge in [-0.3, -0.25) is 10.0 Å². The number of nitrogens with one attached hydrogen (secondary N) is 1. The van der Waals surface area contributed by atoms with E-state index in [0.29, 0.717) is 11.3 Å². The maximum absolute atomic E-state index is 14.1. The molecule has 0 bridgehead atoms. The Morgan fingerprint density at radius 3 is 2.42 bits per heavy atom. The number of aromatic nitrogens is 2. The van der Waals surface area contributed by atoms with Crippen molar-refractivity contribution in [2.24, 2.45) is 0 Å². The largest absolute Gasteiger partial charge is 0.289 e. The number of nitrogens with zero attached hydrogens (tertiary/aromatic N) is 2. The smallest absolute Gasteiger partial charge is 0.255 e. The van der Waals surface area contributed by atoms with Gasteiger partial charge in [0, 0.05) is 17.3 Å². The lowest BCUT2D eigenvalue weighted by Gasteiger charge is -2.17. The molecule has 120 valence electrons. The molecule has 0 aliphatic heterocycles. The fourth-order valence-electron chi connectivity index (χ4n) is 2.55. The van der Waals surface area contributed by atoms with Crippen LogP contribution in [0.1, 0.15) is 17.0 Å². The summed E-state index contributed by atoms with van der Waals surface area (Å²) in [6.45, 7) is 0. The Morgan fingerprint density at radius 1 is 1.04 bits per heavy atom. The van der Waals surface area contributed by atoms with Crippen molar-refractivity contribution in [3.63, 3.8) is 0 Å². The Labute approximate surface area is 137 Å². The Bertz CT molecular complexity index is 838.